The number of allylic oxidation sites excluding steroid dienone is 3. The van der Waals surface area contributed by atoms with E-state index in [1.54, 1.807) is 13.0 Å². The molecule has 1 aromatic rings. The van der Waals surface area contributed by atoms with Crippen molar-refractivity contribution in [3.8, 4) is 0 Å². The van der Waals surface area contributed by atoms with Crippen molar-refractivity contribution >= 4 is 5.97 Å². The Morgan fingerprint density at radius 3 is 2.62 bits per heavy atom. The summed E-state index contributed by atoms with van der Waals surface area (Å²) < 4.78 is 19.2. The fraction of sp³-hybridized carbons (Fsp3) is 0.312. The fourth-order valence-electron chi connectivity index (χ4n) is 2.72. The summed E-state index contributed by atoms with van der Waals surface area (Å²) in [5.74, 6) is -2.69. The lowest BCUT2D eigenvalue weighted by atomic mass is 9.84. The summed E-state index contributed by atoms with van der Waals surface area (Å²) in [5.41, 5.74) is 0.214. The van der Waals surface area contributed by atoms with Crippen molar-refractivity contribution < 1.29 is 24.0 Å². The van der Waals surface area contributed by atoms with Gasteiger partial charge in [-0.25, -0.2) is 9.18 Å². The standard InChI is InChI=1S/C16H17FN2O5/c1-9-13(16(21)24-8-7-20)14(11-5-3-4-6-12(11)17)15(19(22)23)10(2)18-9/h3-6,14,18,20H,7-8H2,1-2H3. The number of nitrogens with one attached hydrogen (secondary N) is 1. The molecule has 1 aliphatic heterocycles. The number of carbonyl (C=O) groups is 1. The molecule has 0 amide bonds. The number of hydrogen-bond donors (Lipinski definition) is 2. The molecule has 0 saturated heterocycles. The molecule has 0 fully saturated rings. The molecular formula is C16H17FN2O5. The van der Waals surface area contributed by atoms with Gasteiger partial charge in [-0.3, -0.25) is 10.1 Å². The van der Waals surface area contributed by atoms with E-state index >= 15 is 0 Å². The summed E-state index contributed by atoms with van der Waals surface area (Å²) in [7, 11) is 0. The summed E-state index contributed by atoms with van der Waals surface area (Å²) in [6.45, 7) is 2.41. The van der Waals surface area contributed by atoms with Crippen LogP contribution < -0.4 is 5.32 Å². The number of esters is 1. The topological polar surface area (TPSA) is 102 Å². The number of nitro groups is 1. The van der Waals surface area contributed by atoms with Crippen LogP contribution >= 0.6 is 0 Å². The Bertz CT molecular complexity index is 742. The lowest BCUT2D eigenvalue weighted by Crippen LogP contribution is -2.32. The predicted octanol–water partition coefficient (Wildman–Crippen LogP) is 1.83. The van der Waals surface area contributed by atoms with Crippen LogP contribution in [0.2, 0.25) is 0 Å². The quantitative estimate of drug-likeness (QED) is 0.483. The molecule has 2 rings (SSSR count). The van der Waals surface area contributed by atoms with Gasteiger partial charge in [0.05, 0.1) is 22.8 Å². The van der Waals surface area contributed by atoms with Crippen molar-refractivity contribution in [2.24, 2.45) is 0 Å². The fourth-order valence-corrected chi connectivity index (χ4v) is 2.72. The zero-order chi connectivity index (χ0) is 17.9. The summed E-state index contributed by atoms with van der Waals surface area (Å²) in [6, 6.07) is 5.58. The number of aliphatic hydroxyl groups excluding tert-OH is 1. The minimum Gasteiger partial charge on any atom is -0.460 e. The van der Waals surface area contributed by atoms with Gasteiger partial charge >= 0.3 is 5.97 Å². The third-order valence-electron chi connectivity index (χ3n) is 3.68. The highest BCUT2D eigenvalue weighted by atomic mass is 19.1. The van der Waals surface area contributed by atoms with Crippen LogP contribution in [0.3, 0.4) is 0 Å². The normalized spacial score (nSPS) is 17.6. The van der Waals surface area contributed by atoms with E-state index in [1.807, 2.05) is 0 Å². The van der Waals surface area contributed by atoms with E-state index < -0.39 is 22.6 Å². The van der Waals surface area contributed by atoms with Crippen LogP contribution in [0.25, 0.3) is 0 Å². The second kappa shape index (κ2) is 7.22. The molecule has 0 spiro atoms. The molecule has 128 valence electrons. The summed E-state index contributed by atoms with van der Waals surface area (Å²) >= 11 is 0. The van der Waals surface area contributed by atoms with Gasteiger partial charge in [0.25, 0.3) is 5.70 Å². The van der Waals surface area contributed by atoms with Crippen LogP contribution in [0.1, 0.15) is 25.3 Å². The van der Waals surface area contributed by atoms with Gasteiger partial charge in [0.15, 0.2) is 0 Å². The number of carbonyl (C=O) groups excluding carboxylic acids is 1. The van der Waals surface area contributed by atoms with Crippen LogP contribution in [-0.4, -0.2) is 29.2 Å². The Kier molecular flexibility index (Phi) is 5.30. The van der Waals surface area contributed by atoms with Crippen molar-refractivity contribution in [2.45, 2.75) is 19.8 Å². The maximum absolute atomic E-state index is 14.3. The molecule has 0 radical (unpaired) electrons. The van der Waals surface area contributed by atoms with Gasteiger partial charge in [0, 0.05) is 11.3 Å². The third kappa shape index (κ3) is 3.28. The Hall–Kier alpha value is -2.74. The number of hydrogen-bond acceptors (Lipinski definition) is 6. The van der Waals surface area contributed by atoms with Gasteiger partial charge in [-0.05, 0) is 19.9 Å². The highest BCUT2D eigenvalue weighted by Gasteiger charge is 2.42. The highest BCUT2D eigenvalue weighted by Crippen LogP contribution is 2.39. The smallest absolute Gasteiger partial charge is 0.337 e. The van der Waals surface area contributed by atoms with E-state index in [0.29, 0.717) is 5.70 Å². The summed E-state index contributed by atoms with van der Waals surface area (Å²) in [4.78, 5) is 23.2. The van der Waals surface area contributed by atoms with E-state index in [-0.39, 0.29) is 35.7 Å². The van der Waals surface area contributed by atoms with Gasteiger partial charge in [-0.2, -0.15) is 0 Å². The van der Waals surface area contributed by atoms with Gasteiger partial charge in [0.2, 0.25) is 0 Å². The van der Waals surface area contributed by atoms with Crippen LogP contribution in [0.5, 0.6) is 0 Å². The number of halogens is 1. The van der Waals surface area contributed by atoms with Crippen molar-refractivity contribution in [1.29, 1.82) is 0 Å². The third-order valence-corrected chi connectivity index (χ3v) is 3.68. The number of rotatable bonds is 5. The molecule has 1 unspecified atom stereocenters. The van der Waals surface area contributed by atoms with E-state index in [4.69, 9.17) is 9.84 Å². The molecule has 0 aliphatic carbocycles. The first-order chi connectivity index (χ1) is 11.4. The van der Waals surface area contributed by atoms with Crippen LogP contribution in [0.15, 0.2) is 46.9 Å². The maximum Gasteiger partial charge on any atom is 0.337 e. The van der Waals surface area contributed by atoms with Crippen LogP contribution in [0, 0.1) is 15.9 Å². The Balaban J connectivity index is 2.62. The van der Waals surface area contributed by atoms with Crippen LogP contribution in [-0.2, 0) is 9.53 Å². The molecule has 24 heavy (non-hydrogen) atoms. The monoisotopic (exact) mass is 336 g/mol. The average Bonchev–Trinajstić information content (AvgIpc) is 2.52. The second-order valence-corrected chi connectivity index (χ2v) is 5.25. The highest BCUT2D eigenvalue weighted by molar-refractivity contribution is 5.92. The molecule has 1 aliphatic rings. The largest absolute Gasteiger partial charge is 0.460 e. The van der Waals surface area contributed by atoms with Gasteiger partial charge < -0.3 is 15.2 Å². The second-order valence-electron chi connectivity index (χ2n) is 5.25. The number of ether oxygens (including phenoxy) is 1. The Morgan fingerprint density at radius 2 is 2.04 bits per heavy atom. The van der Waals surface area contributed by atoms with Crippen LogP contribution in [0.4, 0.5) is 4.39 Å². The predicted molar refractivity (Wildman–Crippen MR) is 82.7 cm³/mol. The molecule has 0 saturated carbocycles. The SMILES string of the molecule is CC1=C(C(=O)OCCO)C(c2ccccc2F)C([N+](=O)[O-])=C(C)N1. The summed E-state index contributed by atoms with van der Waals surface area (Å²) in [5, 5.41) is 23.1. The number of benzene rings is 1. The maximum atomic E-state index is 14.3. The first-order valence-corrected chi connectivity index (χ1v) is 7.23. The van der Waals surface area contributed by atoms with E-state index in [9.17, 15) is 19.3 Å². The Morgan fingerprint density at radius 1 is 1.38 bits per heavy atom. The van der Waals surface area contributed by atoms with Gasteiger partial charge in [-0.1, -0.05) is 18.2 Å². The van der Waals surface area contributed by atoms with Gasteiger partial charge in [-0.15, -0.1) is 0 Å². The van der Waals surface area contributed by atoms with E-state index in [1.165, 1.54) is 25.1 Å². The summed E-state index contributed by atoms with van der Waals surface area (Å²) in [6.07, 6.45) is 0. The molecule has 8 heteroatoms. The molecule has 1 heterocycles. The first-order valence-electron chi connectivity index (χ1n) is 7.23. The first kappa shape index (κ1) is 17.6. The number of nitrogens with zero attached hydrogens (tertiary/aromatic N) is 1. The molecule has 7 nitrogen and oxygen atoms in total. The molecule has 0 aromatic heterocycles. The number of aliphatic hydroxyl groups is 1. The zero-order valence-electron chi connectivity index (χ0n) is 13.2. The van der Waals surface area contributed by atoms with Gasteiger partial charge in [0.1, 0.15) is 18.3 Å². The van der Waals surface area contributed by atoms with E-state index in [0.717, 1.165) is 0 Å². The minimum atomic E-state index is -1.20. The number of dihydropyridines is 1. The zero-order valence-corrected chi connectivity index (χ0v) is 13.2. The lowest BCUT2D eigenvalue weighted by molar-refractivity contribution is -0.431. The molecule has 2 N–H and O–H groups in total. The Labute approximate surface area is 137 Å². The van der Waals surface area contributed by atoms with Crippen molar-refractivity contribution in [3.05, 3.63) is 68.4 Å². The average molecular weight is 336 g/mol. The molecule has 1 aromatic carbocycles. The molecular weight excluding hydrogens is 319 g/mol. The van der Waals surface area contributed by atoms with Crippen molar-refractivity contribution in [2.75, 3.05) is 13.2 Å². The lowest BCUT2D eigenvalue weighted by Gasteiger charge is -2.26. The minimum absolute atomic E-state index is 0.0142. The van der Waals surface area contributed by atoms with Crippen molar-refractivity contribution in [3.63, 3.8) is 0 Å². The molecule has 0 bridgehead atoms. The molecule has 1 atom stereocenters. The van der Waals surface area contributed by atoms with E-state index in [2.05, 4.69) is 5.32 Å². The van der Waals surface area contributed by atoms with Crippen molar-refractivity contribution in [1.82, 2.24) is 5.32 Å².